The number of hydrogen-bond acceptors (Lipinski definition) is 3. The molecule has 0 bridgehead atoms. The lowest BCUT2D eigenvalue weighted by Crippen LogP contribution is -2.31. The summed E-state index contributed by atoms with van der Waals surface area (Å²) < 4.78 is 0. The third-order valence-electron chi connectivity index (χ3n) is 7.10. The van der Waals surface area contributed by atoms with Crippen molar-refractivity contribution in [1.29, 1.82) is 0 Å². The number of rotatable bonds is 5. The van der Waals surface area contributed by atoms with Crippen LogP contribution < -0.4 is 0 Å². The number of nitrogens with one attached hydrogen (secondary N) is 1. The number of ketones is 1. The van der Waals surface area contributed by atoms with Gasteiger partial charge in [-0.3, -0.25) is 9.69 Å². The topological polar surface area (TPSA) is 56.3 Å². The second-order valence-corrected chi connectivity index (χ2v) is 10.1. The minimum absolute atomic E-state index is 0.0596. The minimum atomic E-state index is 0.0596. The smallest absolute Gasteiger partial charge is 0.163 e. The van der Waals surface area contributed by atoms with Gasteiger partial charge in [0.15, 0.2) is 5.78 Å². The van der Waals surface area contributed by atoms with Gasteiger partial charge in [0.25, 0.3) is 0 Å². The molecule has 0 unspecified atom stereocenters. The molecular weight excluding hydrogens is 396 g/mol. The van der Waals surface area contributed by atoms with Crippen LogP contribution in [-0.4, -0.2) is 40.0 Å². The number of aliphatic hydroxyl groups is 1. The Morgan fingerprint density at radius 3 is 2.75 bits per heavy atom. The van der Waals surface area contributed by atoms with Crippen molar-refractivity contribution >= 4 is 22.3 Å². The molecule has 4 heteroatoms. The summed E-state index contributed by atoms with van der Waals surface area (Å²) in [6, 6.07) is 17.4. The molecule has 32 heavy (non-hydrogen) atoms. The molecule has 0 saturated carbocycles. The molecule has 2 aromatic carbocycles. The van der Waals surface area contributed by atoms with Gasteiger partial charge in [-0.05, 0) is 72.2 Å². The van der Waals surface area contributed by atoms with Crippen LogP contribution in [0.25, 0.3) is 27.6 Å². The van der Waals surface area contributed by atoms with Crippen LogP contribution in [0.5, 0.6) is 0 Å². The average molecular weight is 429 g/mol. The number of aliphatic hydroxyl groups excluding tert-OH is 1. The maximum Gasteiger partial charge on any atom is 0.163 e. The predicted molar refractivity (Wildman–Crippen MR) is 130 cm³/mol. The fraction of sp³-hybridized carbons (Fsp3) is 0.393. The first-order valence-corrected chi connectivity index (χ1v) is 11.8. The zero-order chi connectivity index (χ0) is 22.3. The van der Waals surface area contributed by atoms with Crippen molar-refractivity contribution in [2.45, 2.75) is 52.1 Å². The van der Waals surface area contributed by atoms with E-state index < -0.39 is 0 Å². The second kappa shape index (κ2) is 8.34. The molecule has 1 atom stereocenters. The van der Waals surface area contributed by atoms with Gasteiger partial charge in [0.1, 0.15) is 0 Å². The highest BCUT2D eigenvalue weighted by Crippen LogP contribution is 2.36. The lowest BCUT2D eigenvalue weighted by molar-refractivity contribution is -0.114. The Morgan fingerprint density at radius 2 is 1.91 bits per heavy atom. The summed E-state index contributed by atoms with van der Waals surface area (Å²) in [5.41, 5.74) is 6.53. The van der Waals surface area contributed by atoms with Gasteiger partial charge >= 0.3 is 0 Å². The monoisotopic (exact) mass is 428 g/mol. The summed E-state index contributed by atoms with van der Waals surface area (Å²) in [7, 11) is 0. The molecular formula is C28H32N2O2. The third kappa shape index (κ3) is 4.17. The number of benzene rings is 2. The fourth-order valence-electron chi connectivity index (χ4n) is 5.21. The number of aromatic nitrogens is 1. The quantitative estimate of drug-likeness (QED) is 0.559. The zero-order valence-corrected chi connectivity index (χ0v) is 19.0. The van der Waals surface area contributed by atoms with Crippen LogP contribution in [0.1, 0.15) is 50.8 Å². The molecule has 5 rings (SSSR count). The van der Waals surface area contributed by atoms with Gasteiger partial charge in [-0.1, -0.05) is 44.2 Å². The molecule has 2 aliphatic rings. The van der Waals surface area contributed by atoms with E-state index in [0.29, 0.717) is 6.42 Å². The lowest BCUT2D eigenvalue weighted by atomic mass is 9.77. The SMILES string of the molecule is CC1(C)C=C(c2cccc(-c3ccc4[nH]c(CN5CCC[C@@H]5CO)cc4c3)c2)C(=O)CC1. The summed E-state index contributed by atoms with van der Waals surface area (Å²) in [6.07, 6.45) is 5.92. The molecule has 0 amide bonds. The number of H-pyrrole nitrogens is 1. The van der Waals surface area contributed by atoms with E-state index in [1.54, 1.807) is 0 Å². The Kier molecular flexibility index (Phi) is 5.52. The number of Topliss-reactive ketones (excluding diaryl/α,β-unsaturated/α-hetero) is 1. The number of aromatic amines is 1. The Hall–Kier alpha value is -2.69. The standard InChI is InChI=1S/C28H32N2O2/c1-28(2)11-10-27(32)25(16-28)21-6-3-5-19(13-21)20-8-9-26-22(14-20)15-23(29-26)17-30-12-4-7-24(30)18-31/h3,5-6,8-9,13-16,24,29,31H,4,7,10-12,17-18H2,1-2H3/t24-/m1/s1. The third-order valence-corrected chi connectivity index (χ3v) is 7.10. The van der Waals surface area contributed by atoms with E-state index in [1.807, 2.05) is 0 Å². The number of fused-ring (bicyclic) bond motifs is 1. The molecule has 1 saturated heterocycles. The normalized spacial score (nSPS) is 21.3. The number of nitrogens with zero attached hydrogens (tertiary/aromatic N) is 1. The van der Waals surface area contributed by atoms with Crippen molar-refractivity contribution in [2.24, 2.45) is 5.41 Å². The van der Waals surface area contributed by atoms with Crippen molar-refractivity contribution in [1.82, 2.24) is 9.88 Å². The van der Waals surface area contributed by atoms with Gasteiger partial charge in [0.2, 0.25) is 0 Å². The molecule has 2 N–H and O–H groups in total. The Balaban J connectivity index is 1.43. The van der Waals surface area contributed by atoms with Crippen LogP contribution in [0.4, 0.5) is 0 Å². The van der Waals surface area contributed by atoms with Gasteiger partial charge in [0.05, 0.1) is 6.61 Å². The molecule has 1 fully saturated rings. The number of carbonyl (C=O) groups excluding carboxylic acids is 1. The second-order valence-electron chi connectivity index (χ2n) is 10.1. The van der Waals surface area contributed by atoms with Crippen LogP contribution in [0.3, 0.4) is 0 Å². The highest BCUT2D eigenvalue weighted by atomic mass is 16.3. The summed E-state index contributed by atoms with van der Waals surface area (Å²) in [4.78, 5) is 18.5. The average Bonchev–Trinajstić information content (AvgIpc) is 3.41. The maximum atomic E-state index is 12.6. The van der Waals surface area contributed by atoms with Gasteiger partial charge in [0, 0.05) is 41.2 Å². The Labute approximate surface area is 190 Å². The van der Waals surface area contributed by atoms with E-state index in [1.165, 1.54) is 11.1 Å². The molecule has 166 valence electrons. The van der Waals surface area contributed by atoms with E-state index in [0.717, 1.165) is 60.1 Å². The molecule has 1 aliphatic heterocycles. The van der Waals surface area contributed by atoms with Gasteiger partial charge in [-0.15, -0.1) is 0 Å². The molecule has 0 spiro atoms. The van der Waals surface area contributed by atoms with Crippen molar-refractivity contribution < 1.29 is 9.90 Å². The number of likely N-dealkylation sites (tertiary alicyclic amines) is 1. The van der Waals surface area contributed by atoms with E-state index in [9.17, 15) is 9.90 Å². The maximum absolute atomic E-state index is 12.6. The minimum Gasteiger partial charge on any atom is -0.395 e. The van der Waals surface area contributed by atoms with Crippen molar-refractivity contribution in [3.8, 4) is 11.1 Å². The van der Waals surface area contributed by atoms with Crippen LogP contribution in [-0.2, 0) is 11.3 Å². The van der Waals surface area contributed by atoms with E-state index in [2.05, 4.69) is 78.3 Å². The molecule has 1 aliphatic carbocycles. The lowest BCUT2D eigenvalue weighted by Gasteiger charge is -2.26. The highest BCUT2D eigenvalue weighted by molar-refractivity contribution is 6.21. The number of carbonyl (C=O) groups is 1. The first-order chi connectivity index (χ1) is 15.4. The summed E-state index contributed by atoms with van der Waals surface area (Å²) >= 11 is 0. The number of allylic oxidation sites excluding steroid dienone is 2. The summed E-state index contributed by atoms with van der Waals surface area (Å²) in [5, 5.41) is 10.8. The van der Waals surface area contributed by atoms with Crippen molar-refractivity contribution in [3.05, 3.63) is 65.9 Å². The van der Waals surface area contributed by atoms with Crippen molar-refractivity contribution in [3.63, 3.8) is 0 Å². The first kappa shape index (κ1) is 21.2. The van der Waals surface area contributed by atoms with Crippen LogP contribution >= 0.6 is 0 Å². The zero-order valence-electron chi connectivity index (χ0n) is 19.0. The first-order valence-electron chi connectivity index (χ1n) is 11.8. The van der Waals surface area contributed by atoms with Crippen LogP contribution in [0, 0.1) is 5.41 Å². The van der Waals surface area contributed by atoms with E-state index in [4.69, 9.17) is 0 Å². The van der Waals surface area contributed by atoms with Crippen LogP contribution in [0.15, 0.2) is 54.6 Å². The van der Waals surface area contributed by atoms with E-state index in [-0.39, 0.29) is 23.8 Å². The Bertz CT molecular complexity index is 1190. The largest absolute Gasteiger partial charge is 0.395 e. The van der Waals surface area contributed by atoms with Gasteiger partial charge in [-0.25, -0.2) is 0 Å². The van der Waals surface area contributed by atoms with Crippen molar-refractivity contribution in [2.75, 3.05) is 13.2 Å². The summed E-state index contributed by atoms with van der Waals surface area (Å²) in [5.74, 6) is 0.246. The molecule has 3 aromatic rings. The molecule has 4 nitrogen and oxygen atoms in total. The van der Waals surface area contributed by atoms with Crippen LogP contribution in [0.2, 0.25) is 0 Å². The Morgan fingerprint density at radius 1 is 1.09 bits per heavy atom. The van der Waals surface area contributed by atoms with Gasteiger partial charge in [-0.2, -0.15) is 0 Å². The summed E-state index contributed by atoms with van der Waals surface area (Å²) in [6.45, 7) is 6.52. The van der Waals surface area contributed by atoms with E-state index >= 15 is 0 Å². The molecule has 0 radical (unpaired) electrons. The molecule has 1 aromatic heterocycles. The predicted octanol–water partition coefficient (Wildman–Crippen LogP) is 5.56. The van der Waals surface area contributed by atoms with Gasteiger partial charge < -0.3 is 10.1 Å². The fourth-order valence-corrected chi connectivity index (χ4v) is 5.21. The number of hydrogen-bond donors (Lipinski definition) is 2. The molecule has 2 heterocycles. The highest BCUT2D eigenvalue weighted by Gasteiger charge is 2.27.